The third kappa shape index (κ3) is 2.14. The Bertz CT molecular complexity index is 1370. The Morgan fingerprint density at radius 3 is 1.88 bits per heavy atom. The predicted molar refractivity (Wildman–Crippen MR) is 120 cm³/mol. The van der Waals surface area contributed by atoms with Gasteiger partial charge in [-0.2, -0.15) is 0 Å². The van der Waals surface area contributed by atoms with Crippen molar-refractivity contribution in [2.75, 3.05) is 7.11 Å². The molecule has 0 N–H and O–H groups in total. The minimum atomic E-state index is -1.51. The number of ketones is 3. The highest BCUT2D eigenvalue weighted by atomic mass is 16.5. The van der Waals surface area contributed by atoms with Crippen molar-refractivity contribution in [3.8, 4) is 5.75 Å². The Morgan fingerprint density at radius 1 is 0.719 bits per heavy atom. The molecule has 0 heterocycles. The van der Waals surface area contributed by atoms with Gasteiger partial charge < -0.3 is 4.74 Å². The minimum Gasteiger partial charge on any atom is -0.497 e. The van der Waals surface area contributed by atoms with E-state index in [1.165, 1.54) is 0 Å². The lowest BCUT2D eigenvalue weighted by Gasteiger charge is -2.38. The number of allylic oxidation sites excluding steroid dienone is 4. The summed E-state index contributed by atoms with van der Waals surface area (Å²) in [6.45, 7) is 0. The lowest BCUT2D eigenvalue weighted by molar-refractivity contribution is 0.0753. The van der Waals surface area contributed by atoms with Gasteiger partial charge in [-0.3, -0.25) is 14.4 Å². The summed E-state index contributed by atoms with van der Waals surface area (Å²) in [5.41, 5.74) is 2.31. The van der Waals surface area contributed by atoms with Crippen LogP contribution < -0.4 is 4.74 Å². The van der Waals surface area contributed by atoms with Crippen molar-refractivity contribution in [1.82, 2.24) is 0 Å². The molecule has 4 nitrogen and oxygen atoms in total. The molecule has 0 radical (unpaired) electrons. The van der Waals surface area contributed by atoms with Crippen molar-refractivity contribution in [3.05, 3.63) is 118 Å². The third-order valence-corrected chi connectivity index (χ3v) is 6.88. The van der Waals surface area contributed by atoms with E-state index < -0.39 is 11.3 Å². The SMILES string of the molecule is COc1ccc(C2C=CC3=C(c4ccccc4C3=O)C23C(=O)c2ccccc2C3=O)cc1. The monoisotopic (exact) mass is 418 g/mol. The fourth-order valence-corrected chi connectivity index (χ4v) is 5.47. The molecule has 0 saturated heterocycles. The number of rotatable bonds is 2. The molecule has 32 heavy (non-hydrogen) atoms. The fourth-order valence-electron chi connectivity index (χ4n) is 5.47. The summed E-state index contributed by atoms with van der Waals surface area (Å²) < 4.78 is 5.29. The van der Waals surface area contributed by atoms with Crippen LogP contribution >= 0.6 is 0 Å². The highest BCUT2D eigenvalue weighted by molar-refractivity contribution is 6.40. The van der Waals surface area contributed by atoms with E-state index in [0.29, 0.717) is 39.1 Å². The van der Waals surface area contributed by atoms with E-state index in [1.54, 1.807) is 49.6 Å². The van der Waals surface area contributed by atoms with Crippen molar-refractivity contribution in [3.63, 3.8) is 0 Å². The van der Waals surface area contributed by atoms with E-state index in [9.17, 15) is 14.4 Å². The average molecular weight is 418 g/mol. The number of fused-ring (bicyclic) bond motifs is 4. The maximum atomic E-state index is 14.1. The molecule has 6 rings (SSSR count). The van der Waals surface area contributed by atoms with Gasteiger partial charge in [0, 0.05) is 28.2 Å². The molecule has 3 aliphatic rings. The molecule has 1 atom stereocenters. The Hall–Kier alpha value is -4.05. The summed E-state index contributed by atoms with van der Waals surface area (Å²) >= 11 is 0. The minimum absolute atomic E-state index is 0.143. The van der Waals surface area contributed by atoms with Crippen LogP contribution in [0.1, 0.15) is 48.1 Å². The maximum Gasteiger partial charge on any atom is 0.193 e. The number of carbonyl (C=O) groups is 3. The summed E-state index contributed by atoms with van der Waals surface area (Å²) in [4.78, 5) is 41.5. The average Bonchev–Trinajstić information content (AvgIpc) is 3.25. The molecule has 3 aromatic rings. The molecule has 0 aromatic heterocycles. The van der Waals surface area contributed by atoms with Crippen molar-refractivity contribution in [1.29, 1.82) is 0 Å². The first-order chi connectivity index (χ1) is 15.6. The molecule has 154 valence electrons. The predicted octanol–water partition coefficient (Wildman–Crippen LogP) is 5.06. The van der Waals surface area contributed by atoms with Crippen molar-refractivity contribution < 1.29 is 19.1 Å². The Balaban J connectivity index is 1.67. The molecule has 1 unspecified atom stereocenters. The van der Waals surface area contributed by atoms with Crippen LogP contribution in [0.5, 0.6) is 5.75 Å². The first kappa shape index (κ1) is 18.7. The van der Waals surface area contributed by atoms with Gasteiger partial charge in [-0.25, -0.2) is 0 Å². The molecule has 4 heteroatoms. The number of ether oxygens (including phenoxy) is 1. The largest absolute Gasteiger partial charge is 0.497 e. The molecule has 0 fully saturated rings. The maximum absolute atomic E-state index is 14.1. The van der Waals surface area contributed by atoms with Crippen LogP contribution in [0.2, 0.25) is 0 Å². The summed E-state index contributed by atoms with van der Waals surface area (Å²) in [5, 5.41) is 0. The normalized spacial score (nSPS) is 19.9. The van der Waals surface area contributed by atoms with E-state index >= 15 is 0 Å². The van der Waals surface area contributed by atoms with Crippen LogP contribution in [0.25, 0.3) is 5.57 Å². The van der Waals surface area contributed by atoms with Gasteiger partial charge in [-0.1, -0.05) is 72.8 Å². The van der Waals surface area contributed by atoms with Crippen LogP contribution in [0.4, 0.5) is 0 Å². The Kier molecular flexibility index (Phi) is 3.78. The lowest BCUT2D eigenvalue weighted by Crippen LogP contribution is -2.42. The molecular weight excluding hydrogens is 400 g/mol. The van der Waals surface area contributed by atoms with E-state index in [1.807, 2.05) is 42.5 Å². The third-order valence-electron chi connectivity index (χ3n) is 6.88. The molecular formula is C28H18O4. The Labute approximate surface area is 184 Å². The van der Waals surface area contributed by atoms with Gasteiger partial charge >= 0.3 is 0 Å². The van der Waals surface area contributed by atoms with E-state index in [-0.39, 0.29) is 17.3 Å². The number of hydrogen-bond donors (Lipinski definition) is 0. The van der Waals surface area contributed by atoms with E-state index in [2.05, 4.69) is 0 Å². The molecule has 3 aromatic carbocycles. The van der Waals surface area contributed by atoms with Crippen LogP contribution in [0, 0.1) is 5.41 Å². The topological polar surface area (TPSA) is 60.4 Å². The molecule has 0 bridgehead atoms. The summed E-state index contributed by atoms with van der Waals surface area (Å²) in [5.74, 6) is -0.494. The van der Waals surface area contributed by atoms with Crippen LogP contribution in [-0.2, 0) is 0 Å². The number of carbonyl (C=O) groups excluding carboxylic acids is 3. The second kappa shape index (κ2) is 6.47. The van der Waals surface area contributed by atoms with Crippen molar-refractivity contribution in [2.24, 2.45) is 5.41 Å². The van der Waals surface area contributed by atoms with Crippen LogP contribution in [-0.4, -0.2) is 24.5 Å². The summed E-state index contributed by atoms with van der Waals surface area (Å²) in [6, 6.07) is 21.6. The zero-order valence-corrected chi connectivity index (χ0v) is 17.3. The highest BCUT2D eigenvalue weighted by Gasteiger charge is 2.63. The molecule has 0 amide bonds. The first-order valence-corrected chi connectivity index (χ1v) is 10.5. The summed E-state index contributed by atoms with van der Waals surface area (Å²) in [7, 11) is 1.59. The molecule has 0 saturated carbocycles. The van der Waals surface area contributed by atoms with Gasteiger partial charge in [0.15, 0.2) is 17.3 Å². The van der Waals surface area contributed by atoms with Crippen LogP contribution in [0.15, 0.2) is 90.5 Å². The number of methoxy groups -OCH3 is 1. The lowest BCUT2D eigenvalue weighted by atomic mass is 9.60. The number of hydrogen-bond acceptors (Lipinski definition) is 4. The van der Waals surface area contributed by atoms with Crippen molar-refractivity contribution in [2.45, 2.75) is 5.92 Å². The zero-order valence-electron chi connectivity index (χ0n) is 17.3. The first-order valence-electron chi connectivity index (χ1n) is 10.5. The standard InChI is InChI=1S/C28H18O4/c1-32-17-12-10-16(11-13-17)23-15-14-22-24(18-6-2-3-7-19(18)25(22)29)28(23)26(30)20-8-4-5-9-21(20)27(28)31/h2-15,23H,1H3. The van der Waals surface area contributed by atoms with E-state index in [0.717, 1.165) is 5.56 Å². The van der Waals surface area contributed by atoms with Gasteiger partial charge in [0.1, 0.15) is 11.2 Å². The van der Waals surface area contributed by atoms with Gasteiger partial charge in [-0.15, -0.1) is 0 Å². The van der Waals surface area contributed by atoms with Gasteiger partial charge in [-0.05, 0) is 28.8 Å². The number of benzene rings is 3. The van der Waals surface area contributed by atoms with Crippen molar-refractivity contribution >= 4 is 22.9 Å². The Morgan fingerprint density at radius 2 is 1.28 bits per heavy atom. The summed E-state index contributed by atoms with van der Waals surface area (Å²) in [6.07, 6.45) is 3.62. The fraction of sp³-hybridized carbons (Fsp3) is 0.107. The molecule has 1 spiro atoms. The highest BCUT2D eigenvalue weighted by Crippen LogP contribution is 2.60. The van der Waals surface area contributed by atoms with Crippen LogP contribution in [0.3, 0.4) is 0 Å². The van der Waals surface area contributed by atoms with Gasteiger partial charge in [0.25, 0.3) is 0 Å². The molecule has 3 aliphatic carbocycles. The number of Topliss-reactive ketones (excluding diaryl/α,β-unsaturated/α-hetero) is 3. The molecule has 0 aliphatic heterocycles. The smallest absolute Gasteiger partial charge is 0.193 e. The second-order valence-corrected chi connectivity index (χ2v) is 8.29. The second-order valence-electron chi connectivity index (χ2n) is 8.29. The van der Waals surface area contributed by atoms with E-state index in [4.69, 9.17) is 4.74 Å². The zero-order chi connectivity index (χ0) is 22.0. The quantitative estimate of drug-likeness (QED) is 0.546. The van der Waals surface area contributed by atoms with Gasteiger partial charge in [0.05, 0.1) is 7.11 Å². The van der Waals surface area contributed by atoms with Gasteiger partial charge in [0.2, 0.25) is 0 Å².